The third kappa shape index (κ3) is 4.07. The molecule has 1 heterocycles. The highest BCUT2D eigenvalue weighted by Gasteiger charge is 2.30. The summed E-state index contributed by atoms with van der Waals surface area (Å²) in [5.41, 5.74) is 0.744. The monoisotopic (exact) mass is 304 g/mol. The molecule has 5 heteroatoms. The Balaban J connectivity index is 1.93. The zero-order valence-electron chi connectivity index (χ0n) is 13.2. The summed E-state index contributed by atoms with van der Waals surface area (Å²) in [5.74, 6) is -0.143. The van der Waals surface area contributed by atoms with Gasteiger partial charge in [0.1, 0.15) is 0 Å². The van der Waals surface area contributed by atoms with Crippen LogP contribution in [0.1, 0.15) is 30.9 Å². The van der Waals surface area contributed by atoms with Crippen molar-refractivity contribution < 1.29 is 14.7 Å². The maximum absolute atomic E-state index is 12.4. The molecular formula is C17H24N2O3. The zero-order valence-corrected chi connectivity index (χ0v) is 13.2. The van der Waals surface area contributed by atoms with Gasteiger partial charge in [-0.1, -0.05) is 30.3 Å². The van der Waals surface area contributed by atoms with E-state index < -0.39 is 6.10 Å². The molecule has 1 aromatic carbocycles. The molecule has 0 aromatic heterocycles. The van der Waals surface area contributed by atoms with Crippen LogP contribution in [0.2, 0.25) is 0 Å². The smallest absolute Gasteiger partial charge is 0.226 e. The second kappa shape index (κ2) is 7.40. The van der Waals surface area contributed by atoms with E-state index >= 15 is 0 Å². The van der Waals surface area contributed by atoms with Crippen molar-refractivity contribution in [3.8, 4) is 0 Å². The lowest BCUT2D eigenvalue weighted by Crippen LogP contribution is -2.45. The van der Waals surface area contributed by atoms with Gasteiger partial charge >= 0.3 is 0 Å². The Bertz CT molecular complexity index is 516. The number of piperidine rings is 1. The minimum Gasteiger partial charge on any atom is -0.388 e. The number of carbonyl (C=O) groups is 2. The van der Waals surface area contributed by atoms with E-state index in [1.54, 1.807) is 23.9 Å². The van der Waals surface area contributed by atoms with Crippen LogP contribution in [-0.2, 0) is 9.59 Å². The lowest BCUT2D eigenvalue weighted by atomic mass is 9.96. The van der Waals surface area contributed by atoms with E-state index in [1.165, 1.54) is 0 Å². The van der Waals surface area contributed by atoms with Crippen molar-refractivity contribution in [1.82, 2.24) is 9.80 Å². The molecule has 0 bridgehead atoms. The number of hydrogen-bond donors (Lipinski definition) is 1. The van der Waals surface area contributed by atoms with E-state index in [0.717, 1.165) is 18.4 Å². The van der Waals surface area contributed by atoms with Crippen LogP contribution in [0.25, 0.3) is 0 Å². The van der Waals surface area contributed by atoms with Gasteiger partial charge in [-0.2, -0.15) is 0 Å². The molecule has 1 aliphatic heterocycles. The van der Waals surface area contributed by atoms with Crippen LogP contribution in [0.5, 0.6) is 0 Å². The van der Waals surface area contributed by atoms with Crippen LogP contribution in [0.4, 0.5) is 0 Å². The quantitative estimate of drug-likeness (QED) is 0.915. The van der Waals surface area contributed by atoms with Gasteiger partial charge in [0.25, 0.3) is 0 Å². The Kier molecular flexibility index (Phi) is 5.55. The Morgan fingerprint density at radius 3 is 2.64 bits per heavy atom. The maximum atomic E-state index is 12.4. The largest absolute Gasteiger partial charge is 0.388 e. The summed E-state index contributed by atoms with van der Waals surface area (Å²) in [6.07, 6.45) is 0.922. The topological polar surface area (TPSA) is 60.9 Å². The fourth-order valence-electron chi connectivity index (χ4n) is 2.86. The van der Waals surface area contributed by atoms with Crippen molar-refractivity contribution in [2.45, 2.75) is 25.4 Å². The first-order chi connectivity index (χ1) is 10.5. The van der Waals surface area contributed by atoms with Gasteiger partial charge < -0.3 is 14.9 Å². The third-order valence-electron chi connectivity index (χ3n) is 4.12. The summed E-state index contributed by atoms with van der Waals surface area (Å²) in [4.78, 5) is 27.7. The second-order valence-electron chi connectivity index (χ2n) is 6.04. The number of aliphatic hydroxyl groups excluding tert-OH is 1. The zero-order chi connectivity index (χ0) is 16.1. The summed E-state index contributed by atoms with van der Waals surface area (Å²) < 4.78 is 0. The van der Waals surface area contributed by atoms with Gasteiger partial charge in [0.15, 0.2) is 0 Å². The number of carbonyl (C=O) groups excluding carboxylic acids is 2. The van der Waals surface area contributed by atoms with Gasteiger partial charge in [0.2, 0.25) is 11.8 Å². The fourth-order valence-corrected chi connectivity index (χ4v) is 2.86. The van der Waals surface area contributed by atoms with Crippen LogP contribution < -0.4 is 0 Å². The maximum Gasteiger partial charge on any atom is 0.226 e. The van der Waals surface area contributed by atoms with Crippen molar-refractivity contribution in [2.24, 2.45) is 5.92 Å². The van der Waals surface area contributed by atoms with Gasteiger partial charge in [-0.05, 0) is 18.4 Å². The molecule has 2 unspecified atom stereocenters. The molecule has 1 aliphatic rings. The molecule has 5 nitrogen and oxygen atoms in total. The minimum atomic E-state index is -0.793. The van der Waals surface area contributed by atoms with Crippen LogP contribution in [0.15, 0.2) is 30.3 Å². The lowest BCUT2D eigenvalue weighted by Gasteiger charge is -2.33. The summed E-state index contributed by atoms with van der Waals surface area (Å²) in [6, 6.07) is 9.19. The standard InChI is InChI=1S/C17H24N2O3/c1-18(2)17(22)14-9-6-10-19(12-14)16(21)11-15(20)13-7-4-3-5-8-13/h3-5,7-8,14-15,20H,6,9-12H2,1-2H3. The van der Waals surface area contributed by atoms with Crippen molar-refractivity contribution in [3.05, 3.63) is 35.9 Å². The molecule has 0 aliphatic carbocycles. The van der Waals surface area contributed by atoms with E-state index in [2.05, 4.69) is 0 Å². The Morgan fingerprint density at radius 1 is 1.32 bits per heavy atom. The number of likely N-dealkylation sites (tertiary alicyclic amines) is 1. The average Bonchev–Trinajstić information content (AvgIpc) is 2.54. The van der Waals surface area contributed by atoms with E-state index in [0.29, 0.717) is 13.1 Å². The summed E-state index contributed by atoms with van der Waals surface area (Å²) in [7, 11) is 3.48. The fraction of sp³-hybridized carbons (Fsp3) is 0.529. The number of amides is 2. The van der Waals surface area contributed by atoms with Gasteiger partial charge in [0, 0.05) is 27.2 Å². The van der Waals surface area contributed by atoms with Crippen LogP contribution in [0, 0.1) is 5.92 Å². The Labute approximate surface area is 131 Å². The number of nitrogens with zero attached hydrogens (tertiary/aromatic N) is 2. The molecule has 0 radical (unpaired) electrons. The number of hydrogen-bond acceptors (Lipinski definition) is 3. The highest BCUT2D eigenvalue weighted by atomic mass is 16.3. The summed E-state index contributed by atoms with van der Waals surface area (Å²) >= 11 is 0. The second-order valence-corrected chi connectivity index (χ2v) is 6.04. The molecule has 0 saturated carbocycles. The van der Waals surface area contributed by atoms with Gasteiger partial charge in [-0.15, -0.1) is 0 Å². The van der Waals surface area contributed by atoms with E-state index in [1.807, 2.05) is 30.3 Å². The molecule has 2 atom stereocenters. The Morgan fingerprint density at radius 2 is 2.00 bits per heavy atom. The summed E-state index contributed by atoms with van der Waals surface area (Å²) in [5, 5.41) is 10.2. The van der Waals surface area contributed by atoms with Crippen LogP contribution in [0.3, 0.4) is 0 Å². The predicted molar refractivity (Wildman–Crippen MR) is 84.0 cm³/mol. The van der Waals surface area contributed by atoms with Crippen LogP contribution >= 0.6 is 0 Å². The molecule has 1 saturated heterocycles. The van der Waals surface area contributed by atoms with Gasteiger partial charge in [-0.25, -0.2) is 0 Å². The normalized spacial score (nSPS) is 19.6. The van der Waals surface area contributed by atoms with E-state index in [-0.39, 0.29) is 24.2 Å². The van der Waals surface area contributed by atoms with E-state index in [9.17, 15) is 14.7 Å². The highest BCUT2D eigenvalue weighted by molar-refractivity contribution is 5.81. The highest BCUT2D eigenvalue weighted by Crippen LogP contribution is 2.22. The number of rotatable bonds is 4. The van der Waals surface area contributed by atoms with E-state index in [4.69, 9.17) is 0 Å². The van der Waals surface area contributed by atoms with Gasteiger partial charge in [0.05, 0.1) is 18.4 Å². The van der Waals surface area contributed by atoms with Crippen molar-refractivity contribution >= 4 is 11.8 Å². The first-order valence-corrected chi connectivity index (χ1v) is 7.71. The molecule has 120 valence electrons. The first kappa shape index (κ1) is 16.5. The molecule has 22 heavy (non-hydrogen) atoms. The van der Waals surface area contributed by atoms with Gasteiger partial charge in [-0.3, -0.25) is 9.59 Å². The average molecular weight is 304 g/mol. The molecule has 0 spiro atoms. The van der Waals surface area contributed by atoms with Crippen LogP contribution in [-0.4, -0.2) is 53.9 Å². The lowest BCUT2D eigenvalue weighted by molar-refractivity contribution is -0.140. The first-order valence-electron chi connectivity index (χ1n) is 7.71. The molecule has 1 aromatic rings. The van der Waals surface area contributed by atoms with Crippen molar-refractivity contribution in [2.75, 3.05) is 27.2 Å². The van der Waals surface area contributed by atoms with Crippen molar-refractivity contribution in [3.63, 3.8) is 0 Å². The van der Waals surface area contributed by atoms with Crippen molar-refractivity contribution in [1.29, 1.82) is 0 Å². The third-order valence-corrected chi connectivity index (χ3v) is 4.12. The predicted octanol–water partition coefficient (Wildman–Crippen LogP) is 1.44. The molecule has 1 fully saturated rings. The Hall–Kier alpha value is -1.88. The molecule has 1 N–H and O–H groups in total. The molecule has 2 amide bonds. The number of aliphatic hydroxyl groups is 1. The SMILES string of the molecule is CN(C)C(=O)C1CCCN(C(=O)CC(O)c2ccccc2)C1. The number of benzene rings is 1. The molecule has 2 rings (SSSR count). The summed E-state index contributed by atoms with van der Waals surface area (Å²) in [6.45, 7) is 1.12. The molecular weight excluding hydrogens is 280 g/mol. The minimum absolute atomic E-state index is 0.0624.